The molecule has 1 N–H and O–H groups in total. The molecule has 1 amide bonds. The van der Waals surface area contributed by atoms with E-state index in [-0.39, 0.29) is 11.8 Å². The van der Waals surface area contributed by atoms with Gasteiger partial charge in [-0.2, -0.15) is 0 Å². The number of hydrogen-bond acceptors (Lipinski definition) is 2. The van der Waals surface area contributed by atoms with E-state index >= 15 is 0 Å². The summed E-state index contributed by atoms with van der Waals surface area (Å²) in [5.41, 5.74) is 1.06. The van der Waals surface area contributed by atoms with Crippen molar-refractivity contribution in [3.63, 3.8) is 0 Å². The summed E-state index contributed by atoms with van der Waals surface area (Å²) < 4.78 is 0. The Hall–Kier alpha value is -2.30. The third kappa shape index (κ3) is 4.65. The Balaban J connectivity index is 2.25. The molecule has 31 heavy (non-hydrogen) atoms. The molecule has 1 fully saturated rings. The van der Waals surface area contributed by atoms with Crippen LogP contribution in [0.25, 0.3) is 0 Å². The van der Waals surface area contributed by atoms with Gasteiger partial charge in [0, 0.05) is 16.0 Å². The molecule has 6 heteroatoms. The van der Waals surface area contributed by atoms with Crippen molar-refractivity contribution in [1.82, 2.24) is 4.90 Å². The number of amides is 1. The minimum absolute atomic E-state index is 0.143. The molecule has 0 aliphatic carbocycles. The number of halogens is 2. The van der Waals surface area contributed by atoms with Gasteiger partial charge in [0.05, 0.1) is 11.5 Å². The van der Waals surface area contributed by atoms with Crippen molar-refractivity contribution in [2.75, 3.05) is 0 Å². The zero-order valence-corrected chi connectivity index (χ0v) is 19.2. The molecule has 0 bridgehead atoms. The predicted molar refractivity (Wildman–Crippen MR) is 124 cm³/mol. The molecule has 0 saturated carbocycles. The van der Waals surface area contributed by atoms with Crippen LogP contribution < -0.4 is 0 Å². The molecule has 0 aromatic heterocycles. The van der Waals surface area contributed by atoms with E-state index in [4.69, 9.17) is 23.2 Å². The highest BCUT2D eigenvalue weighted by Crippen LogP contribution is 2.52. The van der Waals surface area contributed by atoms with Crippen LogP contribution in [0.1, 0.15) is 56.2 Å². The van der Waals surface area contributed by atoms with E-state index < -0.39 is 23.5 Å². The number of allylic oxidation sites excluding steroid dienone is 1. The average Bonchev–Trinajstić information content (AvgIpc) is 2.72. The van der Waals surface area contributed by atoms with Gasteiger partial charge in [-0.3, -0.25) is 4.79 Å². The number of carboxylic acid groups (broad SMARTS) is 1. The number of rotatable bonds is 7. The number of hydrogen-bond donors (Lipinski definition) is 1. The highest BCUT2D eigenvalue weighted by Gasteiger charge is 2.52. The van der Waals surface area contributed by atoms with Crippen LogP contribution >= 0.6 is 23.2 Å². The lowest BCUT2D eigenvalue weighted by Gasteiger charge is -2.51. The lowest BCUT2D eigenvalue weighted by Crippen LogP contribution is -2.57. The number of likely N-dealkylation sites (tertiary alicyclic amines) is 1. The second kappa shape index (κ2) is 9.46. The molecule has 4 nitrogen and oxygen atoms in total. The second-order valence-corrected chi connectivity index (χ2v) is 9.26. The summed E-state index contributed by atoms with van der Waals surface area (Å²) in [6, 6.07) is 13.5. The fourth-order valence-electron chi connectivity index (χ4n) is 4.72. The maximum atomic E-state index is 13.8. The number of carboxylic acids is 1. The van der Waals surface area contributed by atoms with E-state index in [1.807, 2.05) is 43.3 Å². The van der Waals surface area contributed by atoms with E-state index in [1.54, 1.807) is 30.0 Å². The van der Waals surface area contributed by atoms with Crippen molar-refractivity contribution < 1.29 is 14.7 Å². The third-order valence-corrected chi connectivity index (χ3v) is 6.68. The Bertz CT molecular complexity index is 975. The molecule has 1 saturated heterocycles. The molecule has 0 spiro atoms. The first-order chi connectivity index (χ1) is 14.7. The van der Waals surface area contributed by atoms with Crippen LogP contribution in [-0.4, -0.2) is 27.9 Å². The molecular formula is C25H27Cl2NO3. The summed E-state index contributed by atoms with van der Waals surface area (Å²) >= 11 is 12.4. The van der Waals surface area contributed by atoms with Crippen LogP contribution in [0, 0.1) is 5.41 Å². The fraction of sp³-hybridized carbons (Fsp3) is 0.360. The van der Waals surface area contributed by atoms with Crippen LogP contribution in [0.15, 0.2) is 61.2 Å². The van der Waals surface area contributed by atoms with Gasteiger partial charge >= 0.3 is 5.97 Å². The SMILES string of the molecule is C=CC[C@@]1(C)C[C@H](c2cccc(Cl)c2)[C@@H](c2ccc(Cl)cc2)N([C@@H](CC)C(=O)O)C1=O. The number of piperidine rings is 1. The van der Waals surface area contributed by atoms with Crippen LogP contribution in [0.2, 0.25) is 10.0 Å². The zero-order chi connectivity index (χ0) is 22.8. The molecule has 164 valence electrons. The first-order valence-corrected chi connectivity index (χ1v) is 11.1. The molecular weight excluding hydrogens is 433 g/mol. The van der Waals surface area contributed by atoms with Crippen molar-refractivity contribution in [2.24, 2.45) is 5.41 Å². The Morgan fingerprint density at radius 3 is 2.45 bits per heavy atom. The molecule has 0 unspecified atom stereocenters. The van der Waals surface area contributed by atoms with Crippen molar-refractivity contribution in [1.29, 1.82) is 0 Å². The van der Waals surface area contributed by atoms with Crippen molar-refractivity contribution in [2.45, 2.75) is 51.1 Å². The van der Waals surface area contributed by atoms with Gasteiger partial charge in [0.15, 0.2) is 0 Å². The molecule has 2 aromatic carbocycles. The van der Waals surface area contributed by atoms with E-state index in [2.05, 4.69) is 6.58 Å². The van der Waals surface area contributed by atoms with Crippen molar-refractivity contribution in [3.8, 4) is 0 Å². The summed E-state index contributed by atoms with van der Waals surface area (Å²) in [4.78, 5) is 27.6. The van der Waals surface area contributed by atoms with Crippen LogP contribution in [0.3, 0.4) is 0 Å². The summed E-state index contributed by atoms with van der Waals surface area (Å²) in [6.45, 7) is 7.52. The average molecular weight is 460 g/mol. The lowest BCUT2D eigenvalue weighted by atomic mass is 9.67. The van der Waals surface area contributed by atoms with Crippen molar-refractivity contribution in [3.05, 3.63) is 82.4 Å². The molecule has 4 atom stereocenters. The first kappa shape index (κ1) is 23.4. The zero-order valence-electron chi connectivity index (χ0n) is 17.7. The van der Waals surface area contributed by atoms with Gasteiger partial charge in [0.25, 0.3) is 0 Å². The summed E-state index contributed by atoms with van der Waals surface area (Å²) in [5, 5.41) is 11.2. The predicted octanol–water partition coefficient (Wildman–Crippen LogP) is 6.50. The smallest absolute Gasteiger partial charge is 0.326 e. The molecule has 1 aliphatic rings. The Morgan fingerprint density at radius 1 is 1.23 bits per heavy atom. The minimum atomic E-state index is -1.01. The Kier molecular flexibility index (Phi) is 7.13. The maximum Gasteiger partial charge on any atom is 0.326 e. The molecule has 1 aliphatic heterocycles. The Morgan fingerprint density at radius 2 is 1.90 bits per heavy atom. The standard InChI is InChI=1S/C25H27Cl2NO3/c1-4-13-25(3)15-20(17-7-6-8-19(27)14-17)22(16-9-11-18(26)12-10-16)28(24(25)31)21(5-2)23(29)30/h4,6-12,14,20-22H,1,5,13,15H2,2-3H3,(H,29,30)/t20-,21+,22-,25+/m1/s1. The van der Waals surface area contributed by atoms with Gasteiger partial charge in [-0.25, -0.2) is 4.79 Å². The molecule has 1 heterocycles. The van der Waals surface area contributed by atoms with Gasteiger partial charge in [-0.15, -0.1) is 6.58 Å². The van der Waals surface area contributed by atoms with Crippen LogP contribution in [-0.2, 0) is 9.59 Å². The summed E-state index contributed by atoms with van der Waals surface area (Å²) in [6.07, 6.45) is 3.05. The number of benzene rings is 2. The van der Waals surface area contributed by atoms with Crippen molar-refractivity contribution >= 4 is 35.1 Å². The summed E-state index contributed by atoms with van der Waals surface area (Å²) in [5.74, 6) is -1.32. The number of carbonyl (C=O) groups excluding carboxylic acids is 1. The van der Waals surface area contributed by atoms with Gasteiger partial charge in [-0.05, 0) is 54.7 Å². The van der Waals surface area contributed by atoms with Crippen LogP contribution in [0.4, 0.5) is 0 Å². The van der Waals surface area contributed by atoms with E-state index in [1.165, 1.54) is 0 Å². The van der Waals surface area contributed by atoms with Gasteiger partial charge in [-0.1, -0.05) is 67.4 Å². The van der Waals surface area contributed by atoms with Gasteiger partial charge < -0.3 is 10.0 Å². The maximum absolute atomic E-state index is 13.8. The normalized spacial score (nSPS) is 24.6. The van der Waals surface area contributed by atoms with E-state index in [0.717, 1.165) is 11.1 Å². The second-order valence-electron chi connectivity index (χ2n) is 8.39. The first-order valence-electron chi connectivity index (χ1n) is 10.4. The Labute approximate surface area is 193 Å². The van der Waals surface area contributed by atoms with Crippen LogP contribution in [0.5, 0.6) is 0 Å². The minimum Gasteiger partial charge on any atom is -0.480 e. The highest BCUT2D eigenvalue weighted by molar-refractivity contribution is 6.30. The highest BCUT2D eigenvalue weighted by atomic mass is 35.5. The molecule has 0 radical (unpaired) electrons. The van der Waals surface area contributed by atoms with E-state index in [0.29, 0.717) is 29.3 Å². The van der Waals surface area contributed by atoms with Gasteiger partial charge in [0.2, 0.25) is 5.91 Å². The van der Waals surface area contributed by atoms with E-state index in [9.17, 15) is 14.7 Å². The molecule has 3 rings (SSSR count). The number of carbonyl (C=O) groups is 2. The lowest BCUT2D eigenvalue weighted by molar-refractivity contribution is -0.164. The monoisotopic (exact) mass is 459 g/mol. The quantitative estimate of drug-likeness (QED) is 0.480. The topological polar surface area (TPSA) is 57.6 Å². The largest absolute Gasteiger partial charge is 0.480 e. The van der Waals surface area contributed by atoms with Gasteiger partial charge in [0.1, 0.15) is 6.04 Å². The third-order valence-electron chi connectivity index (χ3n) is 6.19. The fourth-order valence-corrected chi connectivity index (χ4v) is 5.05. The summed E-state index contributed by atoms with van der Waals surface area (Å²) in [7, 11) is 0. The molecule has 2 aromatic rings. The number of nitrogens with zero attached hydrogens (tertiary/aromatic N) is 1. The number of aliphatic carboxylic acids is 1.